The number of nitro benzene ring substituents is 1. The van der Waals surface area contributed by atoms with Crippen molar-refractivity contribution < 1.29 is 14.8 Å². The molecule has 1 atom stereocenters. The number of phenols is 1. The Hall–Kier alpha value is -2.15. The Labute approximate surface area is 122 Å². The minimum Gasteiger partial charge on any atom is -0.508 e. The maximum atomic E-state index is 12.6. The molecule has 0 saturated carbocycles. The Balaban J connectivity index is 2.34. The minimum atomic E-state index is -0.596. The summed E-state index contributed by atoms with van der Waals surface area (Å²) in [6.45, 7) is 4.08. The number of rotatable bonds is 2. The zero-order valence-electron chi connectivity index (χ0n) is 12.2. The Morgan fingerprint density at radius 2 is 2.14 bits per heavy atom. The van der Waals surface area contributed by atoms with Gasteiger partial charge in [-0.3, -0.25) is 14.9 Å². The summed E-state index contributed by atoms with van der Waals surface area (Å²) >= 11 is 0. The second-order valence-electron chi connectivity index (χ2n) is 5.42. The molecule has 21 heavy (non-hydrogen) atoms. The van der Waals surface area contributed by atoms with Crippen molar-refractivity contribution in [2.45, 2.75) is 19.4 Å². The molecule has 2 rings (SSSR count). The van der Waals surface area contributed by atoms with Gasteiger partial charge in [0.25, 0.3) is 11.6 Å². The van der Waals surface area contributed by atoms with Crippen LogP contribution in [0.25, 0.3) is 0 Å². The van der Waals surface area contributed by atoms with E-state index >= 15 is 0 Å². The van der Waals surface area contributed by atoms with Crippen LogP contribution in [0.15, 0.2) is 18.2 Å². The number of phenolic OH excluding ortho intramolecular Hbond substituents is 1. The van der Waals surface area contributed by atoms with Gasteiger partial charge in [0.05, 0.1) is 4.92 Å². The Kier molecular flexibility index (Phi) is 4.42. The van der Waals surface area contributed by atoms with E-state index in [-0.39, 0.29) is 23.0 Å². The lowest BCUT2D eigenvalue weighted by Crippen LogP contribution is -2.42. The monoisotopic (exact) mass is 293 g/mol. The van der Waals surface area contributed by atoms with Gasteiger partial charge in [0.1, 0.15) is 11.3 Å². The first-order valence-electron chi connectivity index (χ1n) is 6.87. The standard InChI is InChI=1S/C14H19N3O4/c1-10-9-15(2)6-3-7-16(10)14(19)12-8-11(18)4-5-13(12)17(20)21/h4-5,8,10,18H,3,6-7,9H2,1-2H3. The molecule has 1 aliphatic heterocycles. The van der Waals surface area contributed by atoms with Crippen molar-refractivity contribution in [1.82, 2.24) is 9.80 Å². The molecule has 1 amide bonds. The Morgan fingerprint density at radius 1 is 1.43 bits per heavy atom. The van der Waals surface area contributed by atoms with E-state index < -0.39 is 10.8 Å². The van der Waals surface area contributed by atoms with Crippen molar-refractivity contribution in [2.75, 3.05) is 26.7 Å². The zero-order chi connectivity index (χ0) is 15.6. The largest absolute Gasteiger partial charge is 0.508 e. The van der Waals surface area contributed by atoms with E-state index in [0.717, 1.165) is 25.6 Å². The van der Waals surface area contributed by atoms with Gasteiger partial charge in [-0.2, -0.15) is 0 Å². The van der Waals surface area contributed by atoms with E-state index in [1.54, 1.807) is 4.90 Å². The third-order valence-corrected chi connectivity index (χ3v) is 3.71. The van der Waals surface area contributed by atoms with E-state index in [4.69, 9.17) is 0 Å². The fourth-order valence-corrected chi connectivity index (χ4v) is 2.68. The van der Waals surface area contributed by atoms with Gasteiger partial charge in [-0.25, -0.2) is 0 Å². The molecule has 1 unspecified atom stereocenters. The maximum Gasteiger partial charge on any atom is 0.282 e. The summed E-state index contributed by atoms with van der Waals surface area (Å²) in [4.78, 5) is 26.9. The molecule has 114 valence electrons. The molecule has 1 heterocycles. The van der Waals surface area contributed by atoms with Crippen LogP contribution >= 0.6 is 0 Å². The highest BCUT2D eigenvalue weighted by Crippen LogP contribution is 2.26. The van der Waals surface area contributed by atoms with Crippen LogP contribution in [-0.2, 0) is 0 Å². The Bertz CT molecular complexity index is 561. The lowest BCUT2D eigenvalue weighted by molar-refractivity contribution is -0.385. The number of nitrogens with zero attached hydrogens (tertiary/aromatic N) is 3. The van der Waals surface area contributed by atoms with Crippen molar-refractivity contribution in [3.8, 4) is 5.75 Å². The summed E-state index contributed by atoms with van der Waals surface area (Å²) in [5.41, 5.74) is -0.334. The number of carbonyl (C=O) groups excluding carboxylic acids is 1. The lowest BCUT2D eigenvalue weighted by atomic mass is 10.1. The summed E-state index contributed by atoms with van der Waals surface area (Å²) in [5, 5.41) is 20.6. The van der Waals surface area contributed by atoms with Crippen LogP contribution in [0, 0.1) is 10.1 Å². The van der Waals surface area contributed by atoms with Gasteiger partial charge in [-0.1, -0.05) is 0 Å². The van der Waals surface area contributed by atoms with Crippen molar-refractivity contribution in [3.05, 3.63) is 33.9 Å². The number of likely N-dealkylation sites (N-methyl/N-ethyl adjacent to an activating group) is 1. The number of benzene rings is 1. The van der Waals surface area contributed by atoms with Crippen LogP contribution in [0.1, 0.15) is 23.7 Å². The molecule has 1 fully saturated rings. The number of nitro groups is 1. The first-order chi connectivity index (χ1) is 9.90. The first-order valence-corrected chi connectivity index (χ1v) is 6.87. The van der Waals surface area contributed by atoms with E-state index in [1.165, 1.54) is 12.1 Å². The number of aromatic hydroxyl groups is 1. The van der Waals surface area contributed by atoms with Gasteiger partial charge in [0.15, 0.2) is 0 Å². The molecule has 0 aliphatic carbocycles. The molecule has 1 aliphatic rings. The van der Waals surface area contributed by atoms with Crippen LogP contribution in [0.2, 0.25) is 0 Å². The smallest absolute Gasteiger partial charge is 0.282 e. The molecular weight excluding hydrogens is 274 g/mol. The van der Waals surface area contributed by atoms with Crippen LogP contribution in [0.3, 0.4) is 0 Å². The second kappa shape index (κ2) is 6.09. The number of carbonyl (C=O) groups is 1. The minimum absolute atomic E-state index is 0.0352. The number of amides is 1. The molecule has 7 heteroatoms. The molecule has 0 bridgehead atoms. The molecule has 1 saturated heterocycles. The second-order valence-corrected chi connectivity index (χ2v) is 5.42. The molecule has 1 N–H and O–H groups in total. The summed E-state index contributed by atoms with van der Waals surface area (Å²) in [7, 11) is 1.99. The maximum absolute atomic E-state index is 12.6. The predicted octanol–water partition coefficient (Wildman–Crippen LogP) is 1.47. The molecule has 0 radical (unpaired) electrons. The van der Waals surface area contributed by atoms with E-state index in [0.29, 0.717) is 6.54 Å². The van der Waals surface area contributed by atoms with Crippen LogP contribution < -0.4 is 0 Å². The highest BCUT2D eigenvalue weighted by Gasteiger charge is 2.29. The van der Waals surface area contributed by atoms with Crippen LogP contribution in [0.5, 0.6) is 5.75 Å². The van der Waals surface area contributed by atoms with E-state index in [1.807, 2.05) is 14.0 Å². The highest BCUT2D eigenvalue weighted by atomic mass is 16.6. The third kappa shape index (κ3) is 3.30. The quantitative estimate of drug-likeness (QED) is 0.659. The lowest BCUT2D eigenvalue weighted by Gasteiger charge is -2.28. The molecule has 1 aromatic rings. The first kappa shape index (κ1) is 15.2. The molecule has 0 aromatic heterocycles. The van der Waals surface area contributed by atoms with Gasteiger partial charge in [-0.05, 0) is 39.1 Å². The van der Waals surface area contributed by atoms with Gasteiger partial charge < -0.3 is 14.9 Å². The van der Waals surface area contributed by atoms with Crippen molar-refractivity contribution in [1.29, 1.82) is 0 Å². The van der Waals surface area contributed by atoms with Gasteiger partial charge >= 0.3 is 0 Å². The van der Waals surface area contributed by atoms with Gasteiger partial charge in [-0.15, -0.1) is 0 Å². The van der Waals surface area contributed by atoms with Crippen LogP contribution in [-0.4, -0.2) is 58.5 Å². The van der Waals surface area contributed by atoms with Gasteiger partial charge in [0, 0.05) is 25.2 Å². The highest BCUT2D eigenvalue weighted by molar-refractivity contribution is 5.98. The fourth-order valence-electron chi connectivity index (χ4n) is 2.68. The molecule has 1 aromatic carbocycles. The third-order valence-electron chi connectivity index (χ3n) is 3.71. The van der Waals surface area contributed by atoms with E-state index in [2.05, 4.69) is 4.90 Å². The summed E-state index contributed by atoms with van der Waals surface area (Å²) in [6, 6.07) is 3.51. The predicted molar refractivity (Wildman–Crippen MR) is 77.4 cm³/mol. The Morgan fingerprint density at radius 3 is 2.81 bits per heavy atom. The topological polar surface area (TPSA) is 86.9 Å². The van der Waals surface area contributed by atoms with Crippen molar-refractivity contribution in [3.63, 3.8) is 0 Å². The SMILES string of the molecule is CC1CN(C)CCCN1C(=O)c1cc(O)ccc1[N+](=O)[O-]. The number of hydrogen-bond donors (Lipinski definition) is 1. The normalized spacial score (nSPS) is 20.1. The number of hydrogen-bond acceptors (Lipinski definition) is 5. The van der Waals surface area contributed by atoms with Crippen LogP contribution in [0.4, 0.5) is 5.69 Å². The zero-order valence-corrected chi connectivity index (χ0v) is 12.2. The molecule has 7 nitrogen and oxygen atoms in total. The van der Waals surface area contributed by atoms with Crippen molar-refractivity contribution in [2.24, 2.45) is 0 Å². The van der Waals surface area contributed by atoms with E-state index in [9.17, 15) is 20.0 Å². The summed E-state index contributed by atoms with van der Waals surface area (Å²) in [6.07, 6.45) is 0.819. The fraction of sp³-hybridized carbons (Fsp3) is 0.500. The summed E-state index contributed by atoms with van der Waals surface area (Å²) in [5.74, 6) is -0.552. The summed E-state index contributed by atoms with van der Waals surface area (Å²) < 4.78 is 0. The average molecular weight is 293 g/mol. The molecule has 0 spiro atoms. The van der Waals surface area contributed by atoms with Crippen molar-refractivity contribution >= 4 is 11.6 Å². The molecular formula is C14H19N3O4. The average Bonchev–Trinajstić information content (AvgIpc) is 2.58. The van der Waals surface area contributed by atoms with Gasteiger partial charge in [0.2, 0.25) is 0 Å².